The maximum atomic E-state index is 6.00. The number of fused-ring (bicyclic) bond motifs is 1. The fourth-order valence-corrected chi connectivity index (χ4v) is 2.72. The number of nitrogens with zero attached hydrogens (tertiary/aromatic N) is 4. The number of aromatic nitrogens is 4. The molecule has 0 aliphatic carbocycles. The highest BCUT2D eigenvalue weighted by molar-refractivity contribution is 5.88. The topological polar surface area (TPSA) is 64.9 Å². The van der Waals surface area contributed by atoms with E-state index in [2.05, 4.69) is 46.0 Å². The van der Waals surface area contributed by atoms with Gasteiger partial charge in [-0.25, -0.2) is 4.68 Å². The van der Waals surface area contributed by atoms with Crippen LogP contribution in [0.3, 0.4) is 0 Å². The Hall–Kier alpha value is -2.63. The number of anilines is 1. The summed E-state index contributed by atoms with van der Waals surface area (Å²) in [6, 6.07) is 12.5. The highest BCUT2D eigenvalue weighted by Crippen LogP contribution is 2.29. The van der Waals surface area contributed by atoms with Gasteiger partial charge in [-0.05, 0) is 47.5 Å². The highest BCUT2D eigenvalue weighted by Gasteiger charge is 2.12. The number of benzene rings is 2. The van der Waals surface area contributed by atoms with Gasteiger partial charge in [-0.3, -0.25) is 0 Å². The fraction of sp³-hybridized carbons (Fsp3) is 0.389. The molecule has 1 heterocycles. The third kappa shape index (κ3) is 3.48. The second-order valence-electron chi connectivity index (χ2n) is 6.01. The Labute approximate surface area is 141 Å². The van der Waals surface area contributed by atoms with E-state index < -0.39 is 0 Å². The number of hydrogen-bond donors (Lipinski definition) is 1. The lowest BCUT2D eigenvalue weighted by Crippen LogP contribution is -2.12. The van der Waals surface area contributed by atoms with Crippen LogP contribution in [0, 0.1) is 0 Å². The SMILES string of the molecule is CCCn1nnnc1NCc1c(OC(C)C)ccc2ccccc12. The molecular formula is C18H23N5O. The highest BCUT2D eigenvalue weighted by atomic mass is 16.5. The Morgan fingerprint density at radius 2 is 2.00 bits per heavy atom. The van der Waals surface area contributed by atoms with Crippen molar-refractivity contribution in [3.8, 4) is 5.75 Å². The van der Waals surface area contributed by atoms with Gasteiger partial charge in [-0.2, -0.15) is 0 Å². The summed E-state index contributed by atoms with van der Waals surface area (Å²) in [4.78, 5) is 0. The van der Waals surface area contributed by atoms with Crippen molar-refractivity contribution < 1.29 is 4.74 Å². The van der Waals surface area contributed by atoms with Crippen LogP contribution in [-0.4, -0.2) is 26.3 Å². The number of rotatable bonds is 7. The molecule has 0 amide bonds. The van der Waals surface area contributed by atoms with Gasteiger partial charge in [-0.1, -0.05) is 42.4 Å². The van der Waals surface area contributed by atoms with Crippen molar-refractivity contribution in [2.24, 2.45) is 0 Å². The zero-order chi connectivity index (χ0) is 16.9. The van der Waals surface area contributed by atoms with E-state index in [0.717, 1.165) is 24.3 Å². The summed E-state index contributed by atoms with van der Waals surface area (Å²) in [6.07, 6.45) is 1.10. The predicted octanol–water partition coefficient (Wildman–Crippen LogP) is 3.64. The molecule has 1 aromatic heterocycles. The lowest BCUT2D eigenvalue weighted by Gasteiger charge is -2.17. The smallest absolute Gasteiger partial charge is 0.243 e. The fourth-order valence-electron chi connectivity index (χ4n) is 2.72. The zero-order valence-corrected chi connectivity index (χ0v) is 14.4. The number of ether oxygens (including phenoxy) is 1. The van der Waals surface area contributed by atoms with Crippen LogP contribution >= 0.6 is 0 Å². The van der Waals surface area contributed by atoms with Gasteiger partial charge in [0.25, 0.3) is 0 Å². The van der Waals surface area contributed by atoms with Gasteiger partial charge in [0.05, 0.1) is 6.10 Å². The quantitative estimate of drug-likeness (QED) is 0.718. The molecule has 0 bridgehead atoms. The second kappa shape index (κ2) is 7.29. The number of hydrogen-bond acceptors (Lipinski definition) is 5. The lowest BCUT2D eigenvalue weighted by atomic mass is 10.0. The molecule has 0 saturated heterocycles. The van der Waals surface area contributed by atoms with Gasteiger partial charge in [0.1, 0.15) is 5.75 Å². The van der Waals surface area contributed by atoms with Crippen molar-refractivity contribution in [1.82, 2.24) is 20.2 Å². The lowest BCUT2D eigenvalue weighted by molar-refractivity contribution is 0.240. The first-order chi connectivity index (χ1) is 11.7. The molecule has 2 aromatic carbocycles. The average molecular weight is 325 g/mol. The Bertz CT molecular complexity index is 812. The largest absolute Gasteiger partial charge is 0.491 e. The molecule has 3 rings (SSSR count). The van der Waals surface area contributed by atoms with Crippen LogP contribution in [0.4, 0.5) is 5.95 Å². The normalized spacial score (nSPS) is 11.2. The van der Waals surface area contributed by atoms with Gasteiger partial charge in [-0.15, -0.1) is 0 Å². The zero-order valence-electron chi connectivity index (χ0n) is 14.4. The predicted molar refractivity (Wildman–Crippen MR) is 95.1 cm³/mol. The van der Waals surface area contributed by atoms with E-state index >= 15 is 0 Å². The molecule has 0 fully saturated rings. The van der Waals surface area contributed by atoms with Crippen molar-refractivity contribution >= 4 is 16.7 Å². The molecule has 0 spiro atoms. The van der Waals surface area contributed by atoms with Crippen LogP contribution in [0.15, 0.2) is 36.4 Å². The van der Waals surface area contributed by atoms with Crippen LogP contribution in [0.25, 0.3) is 10.8 Å². The summed E-state index contributed by atoms with van der Waals surface area (Å²) >= 11 is 0. The molecule has 1 N–H and O–H groups in total. The molecule has 3 aromatic rings. The van der Waals surface area contributed by atoms with E-state index in [1.54, 1.807) is 4.68 Å². The maximum Gasteiger partial charge on any atom is 0.243 e. The number of tetrazole rings is 1. The minimum atomic E-state index is 0.121. The van der Waals surface area contributed by atoms with Gasteiger partial charge in [0, 0.05) is 18.7 Å². The molecule has 6 heteroatoms. The van der Waals surface area contributed by atoms with E-state index in [1.807, 2.05) is 32.0 Å². The van der Waals surface area contributed by atoms with Crippen molar-refractivity contribution in [2.45, 2.75) is 46.4 Å². The monoisotopic (exact) mass is 325 g/mol. The molecular weight excluding hydrogens is 302 g/mol. The van der Waals surface area contributed by atoms with Crippen molar-refractivity contribution in [3.05, 3.63) is 42.0 Å². The molecule has 0 aliphatic heterocycles. The van der Waals surface area contributed by atoms with E-state index in [1.165, 1.54) is 10.8 Å². The average Bonchev–Trinajstić information content (AvgIpc) is 3.01. The van der Waals surface area contributed by atoms with Gasteiger partial charge < -0.3 is 10.1 Å². The summed E-state index contributed by atoms with van der Waals surface area (Å²) in [5.41, 5.74) is 1.12. The third-order valence-electron chi connectivity index (χ3n) is 3.75. The minimum Gasteiger partial charge on any atom is -0.491 e. The molecule has 126 valence electrons. The summed E-state index contributed by atoms with van der Waals surface area (Å²) in [7, 11) is 0. The van der Waals surface area contributed by atoms with Crippen molar-refractivity contribution in [1.29, 1.82) is 0 Å². The van der Waals surface area contributed by atoms with E-state index in [-0.39, 0.29) is 6.10 Å². The molecule has 0 aliphatic rings. The van der Waals surface area contributed by atoms with Crippen LogP contribution in [-0.2, 0) is 13.1 Å². The molecule has 6 nitrogen and oxygen atoms in total. The maximum absolute atomic E-state index is 6.00. The number of nitrogens with one attached hydrogen (secondary N) is 1. The van der Waals surface area contributed by atoms with Crippen LogP contribution in [0.2, 0.25) is 0 Å². The summed E-state index contributed by atoms with van der Waals surface area (Å²) < 4.78 is 7.79. The van der Waals surface area contributed by atoms with Crippen LogP contribution in [0.1, 0.15) is 32.8 Å². The molecule has 0 unspecified atom stereocenters. The molecule has 0 radical (unpaired) electrons. The first-order valence-corrected chi connectivity index (χ1v) is 8.36. The first-order valence-electron chi connectivity index (χ1n) is 8.36. The molecule has 0 atom stereocenters. The van der Waals surface area contributed by atoms with E-state index in [0.29, 0.717) is 12.5 Å². The Balaban J connectivity index is 1.92. The summed E-state index contributed by atoms with van der Waals surface area (Å²) in [5, 5.41) is 17.6. The second-order valence-corrected chi connectivity index (χ2v) is 6.01. The number of aryl methyl sites for hydroxylation is 1. The van der Waals surface area contributed by atoms with E-state index in [4.69, 9.17) is 4.74 Å². The van der Waals surface area contributed by atoms with Crippen LogP contribution < -0.4 is 10.1 Å². The molecule has 24 heavy (non-hydrogen) atoms. The Kier molecular flexibility index (Phi) is 4.93. The minimum absolute atomic E-state index is 0.121. The molecule has 0 saturated carbocycles. The first kappa shape index (κ1) is 16.2. The van der Waals surface area contributed by atoms with Crippen molar-refractivity contribution in [3.63, 3.8) is 0 Å². The third-order valence-corrected chi connectivity index (χ3v) is 3.75. The van der Waals surface area contributed by atoms with Crippen LogP contribution in [0.5, 0.6) is 5.75 Å². The Morgan fingerprint density at radius 1 is 1.17 bits per heavy atom. The van der Waals surface area contributed by atoms with E-state index in [9.17, 15) is 0 Å². The van der Waals surface area contributed by atoms with Crippen molar-refractivity contribution in [2.75, 3.05) is 5.32 Å². The van der Waals surface area contributed by atoms with Gasteiger partial charge >= 0.3 is 0 Å². The summed E-state index contributed by atoms with van der Waals surface area (Å²) in [5.74, 6) is 1.57. The standard InChI is InChI=1S/C18H23N5O/c1-4-11-23-18(20-21-22-23)19-12-16-15-8-6-5-7-14(15)9-10-17(16)24-13(2)3/h5-10,13H,4,11-12H2,1-3H3,(H,19,20,22). The summed E-state index contributed by atoms with van der Waals surface area (Å²) in [6.45, 7) is 7.57. The van der Waals surface area contributed by atoms with Gasteiger partial charge in [0.15, 0.2) is 0 Å². The van der Waals surface area contributed by atoms with Gasteiger partial charge in [0.2, 0.25) is 5.95 Å². The Morgan fingerprint density at radius 3 is 2.79 bits per heavy atom.